The van der Waals surface area contributed by atoms with E-state index >= 15 is 0 Å². The van der Waals surface area contributed by atoms with Gasteiger partial charge in [-0.3, -0.25) is 14.5 Å². The van der Waals surface area contributed by atoms with E-state index < -0.39 is 0 Å². The third-order valence-corrected chi connectivity index (χ3v) is 5.03. The minimum Gasteiger partial charge on any atom is -0.355 e. The Kier molecular flexibility index (Phi) is 7.25. The van der Waals surface area contributed by atoms with Crippen molar-refractivity contribution in [2.75, 3.05) is 19.6 Å². The van der Waals surface area contributed by atoms with Gasteiger partial charge in [0.1, 0.15) is 0 Å². The van der Waals surface area contributed by atoms with Gasteiger partial charge in [-0.25, -0.2) is 0 Å². The van der Waals surface area contributed by atoms with Crippen LogP contribution in [0.3, 0.4) is 0 Å². The van der Waals surface area contributed by atoms with Gasteiger partial charge in [0.15, 0.2) is 5.78 Å². The van der Waals surface area contributed by atoms with Crippen LogP contribution in [-0.4, -0.2) is 42.3 Å². The van der Waals surface area contributed by atoms with Gasteiger partial charge in [0.25, 0.3) is 0 Å². The number of amides is 1. The number of likely N-dealkylation sites (tertiary alicyclic amines) is 1. The Morgan fingerprint density at radius 3 is 2.46 bits per heavy atom. The number of carbonyl (C=O) groups is 2. The summed E-state index contributed by atoms with van der Waals surface area (Å²) in [4.78, 5) is 26.4. The van der Waals surface area contributed by atoms with Crippen molar-refractivity contribution in [1.29, 1.82) is 0 Å². The SMILES string of the molecule is CC1CCN(C(C)CNC(=O)CCC(=O)c2ccc(Cl)cc2)CC1. The molecule has 0 bridgehead atoms. The third kappa shape index (κ3) is 5.91. The summed E-state index contributed by atoms with van der Waals surface area (Å²) in [6.07, 6.45) is 2.91. The van der Waals surface area contributed by atoms with E-state index in [1.54, 1.807) is 24.3 Å². The Morgan fingerprint density at radius 1 is 1.21 bits per heavy atom. The molecular weight excluding hydrogens is 324 g/mol. The molecule has 0 spiro atoms. The number of piperidine rings is 1. The molecular formula is C19H27ClN2O2. The lowest BCUT2D eigenvalue weighted by atomic mass is 9.98. The molecule has 5 heteroatoms. The Balaban J connectivity index is 1.67. The van der Waals surface area contributed by atoms with Crippen LogP contribution in [-0.2, 0) is 4.79 Å². The molecule has 1 N–H and O–H groups in total. The van der Waals surface area contributed by atoms with Gasteiger partial charge in [0.2, 0.25) is 5.91 Å². The summed E-state index contributed by atoms with van der Waals surface area (Å²) in [5.74, 6) is 0.719. The van der Waals surface area contributed by atoms with E-state index in [-0.39, 0.29) is 24.5 Å². The minimum atomic E-state index is -0.0606. The second kappa shape index (κ2) is 9.19. The molecule has 24 heavy (non-hydrogen) atoms. The molecule has 1 aliphatic heterocycles. The van der Waals surface area contributed by atoms with Crippen molar-refractivity contribution in [1.82, 2.24) is 10.2 Å². The summed E-state index contributed by atoms with van der Waals surface area (Å²) in [5.41, 5.74) is 0.600. The highest BCUT2D eigenvalue weighted by Gasteiger charge is 2.20. The summed E-state index contributed by atoms with van der Waals surface area (Å²) < 4.78 is 0. The van der Waals surface area contributed by atoms with Crippen molar-refractivity contribution in [3.8, 4) is 0 Å². The van der Waals surface area contributed by atoms with Gasteiger partial charge in [0, 0.05) is 36.0 Å². The van der Waals surface area contributed by atoms with Crippen LogP contribution in [0.2, 0.25) is 5.02 Å². The van der Waals surface area contributed by atoms with Gasteiger partial charge in [0.05, 0.1) is 0 Å². The molecule has 132 valence electrons. The summed E-state index contributed by atoms with van der Waals surface area (Å²) in [7, 11) is 0. The third-order valence-electron chi connectivity index (χ3n) is 4.78. The molecule has 0 radical (unpaired) electrons. The first-order chi connectivity index (χ1) is 11.5. The highest BCUT2D eigenvalue weighted by atomic mass is 35.5. The van der Waals surface area contributed by atoms with Gasteiger partial charge in [-0.05, 0) is 63.0 Å². The lowest BCUT2D eigenvalue weighted by Gasteiger charge is -2.35. The van der Waals surface area contributed by atoms with Crippen molar-refractivity contribution in [3.63, 3.8) is 0 Å². The number of nitrogens with zero attached hydrogens (tertiary/aromatic N) is 1. The topological polar surface area (TPSA) is 49.4 Å². The van der Waals surface area contributed by atoms with Crippen LogP contribution in [0.1, 0.15) is 49.9 Å². The average Bonchev–Trinajstić information content (AvgIpc) is 2.58. The van der Waals surface area contributed by atoms with Crippen LogP contribution in [0.15, 0.2) is 24.3 Å². The number of rotatable bonds is 7. The van der Waals surface area contributed by atoms with Crippen molar-refractivity contribution >= 4 is 23.3 Å². The van der Waals surface area contributed by atoms with Gasteiger partial charge in [-0.2, -0.15) is 0 Å². The molecule has 4 nitrogen and oxygen atoms in total. The molecule has 1 atom stereocenters. The van der Waals surface area contributed by atoms with Gasteiger partial charge < -0.3 is 5.32 Å². The second-order valence-corrected chi connectivity index (χ2v) is 7.24. The zero-order valence-corrected chi connectivity index (χ0v) is 15.3. The standard InChI is InChI=1S/C19H27ClN2O2/c1-14-9-11-22(12-10-14)15(2)13-21-19(24)8-7-18(23)16-3-5-17(20)6-4-16/h3-6,14-15H,7-13H2,1-2H3,(H,21,24). The average molecular weight is 351 g/mol. The molecule has 1 heterocycles. The fourth-order valence-electron chi connectivity index (χ4n) is 2.96. The Labute approximate surface area is 149 Å². The number of carbonyl (C=O) groups excluding carboxylic acids is 2. The predicted molar refractivity (Wildman–Crippen MR) is 97.5 cm³/mol. The molecule has 1 fully saturated rings. The fraction of sp³-hybridized carbons (Fsp3) is 0.579. The number of hydrogen-bond donors (Lipinski definition) is 1. The first-order valence-corrected chi connectivity index (χ1v) is 9.13. The van der Waals surface area contributed by atoms with E-state index in [2.05, 4.69) is 24.1 Å². The Bertz CT molecular complexity index is 551. The summed E-state index contributed by atoms with van der Waals surface area (Å²) in [6.45, 7) is 7.29. The van der Waals surface area contributed by atoms with E-state index in [0.717, 1.165) is 19.0 Å². The number of hydrogen-bond acceptors (Lipinski definition) is 3. The van der Waals surface area contributed by atoms with Gasteiger partial charge >= 0.3 is 0 Å². The van der Waals surface area contributed by atoms with E-state index in [1.165, 1.54) is 12.8 Å². The quantitative estimate of drug-likeness (QED) is 0.765. The van der Waals surface area contributed by atoms with Crippen molar-refractivity contribution in [2.24, 2.45) is 5.92 Å². The highest BCUT2D eigenvalue weighted by molar-refractivity contribution is 6.30. The molecule has 1 unspecified atom stereocenters. The largest absolute Gasteiger partial charge is 0.355 e. The maximum absolute atomic E-state index is 12.0. The molecule has 1 aromatic rings. The highest BCUT2D eigenvalue weighted by Crippen LogP contribution is 2.17. The zero-order valence-electron chi connectivity index (χ0n) is 14.6. The summed E-state index contributed by atoms with van der Waals surface area (Å²) >= 11 is 5.81. The Hall–Kier alpha value is -1.39. The number of ketones is 1. The van der Waals surface area contributed by atoms with Crippen LogP contribution in [0.4, 0.5) is 0 Å². The smallest absolute Gasteiger partial charge is 0.220 e. The second-order valence-electron chi connectivity index (χ2n) is 6.80. The number of nitrogens with one attached hydrogen (secondary N) is 1. The zero-order chi connectivity index (χ0) is 17.5. The van der Waals surface area contributed by atoms with Crippen molar-refractivity contribution in [3.05, 3.63) is 34.9 Å². The molecule has 1 saturated heterocycles. The molecule has 0 saturated carbocycles. The van der Waals surface area contributed by atoms with E-state index in [9.17, 15) is 9.59 Å². The van der Waals surface area contributed by atoms with Gasteiger partial charge in [-0.15, -0.1) is 0 Å². The minimum absolute atomic E-state index is 0.0279. The molecule has 1 aliphatic rings. The number of Topliss-reactive ketones (excluding diaryl/α,β-unsaturated/α-hetero) is 1. The first-order valence-electron chi connectivity index (χ1n) is 8.75. The summed E-state index contributed by atoms with van der Waals surface area (Å²) in [6, 6.07) is 7.11. The first kappa shape index (κ1) is 18.9. The summed E-state index contributed by atoms with van der Waals surface area (Å²) in [5, 5.41) is 3.56. The van der Waals surface area contributed by atoms with Crippen LogP contribution in [0, 0.1) is 5.92 Å². The van der Waals surface area contributed by atoms with Crippen molar-refractivity contribution < 1.29 is 9.59 Å². The van der Waals surface area contributed by atoms with E-state index in [0.29, 0.717) is 23.2 Å². The van der Waals surface area contributed by atoms with E-state index in [1.807, 2.05) is 0 Å². The Morgan fingerprint density at radius 2 is 1.83 bits per heavy atom. The van der Waals surface area contributed by atoms with Crippen LogP contribution in [0.25, 0.3) is 0 Å². The van der Waals surface area contributed by atoms with Crippen LogP contribution in [0.5, 0.6) is 0 Å². The monoisotopic (exact) mass is 350 g/mol. The maximum atomic E-state index is 12.0. The lowest BCUT2D eigenvalue weighted by Crippen LogP contribution is -2.45. The molecule has 0 aromatic heterocycles. The number of halogens is 1. The molecule has 1 amide bonds. The molecule has 1 aromatic carbocycles. The maximum Gasteiger partial charge on any atom is 0.220 e. The van der Waals surface area contributed by atoms with E-state index in [4.69, 9.17) is 11.6 Å². The molecule has 2 rings (SSSR count). The molecule has 0 aliphatic carbocycles. The predicted octanol–water partition coefficient (Wildman–Crippen LogP) is 3.54. The van der Waals surface area contributed by atoms with Crippen molar-refractivity contribution in [2.45, 2.75) is 45.6 Å². The number of benzene rings is 1. The fourth-order valence-corrected chi connectivity index (χ4v) is 3.08. The van der Waals surface area contributed by atoms with Crippen LogP contribution < -0.4 is 5.32 Å². The lowest BCUT2D eigenvalue weighted by molar-refractivity contribution is -0.121. The van der Waals surface area contributed by atoms with Gasteiger partial charge in [-0.1, -0.05) is 18.5 Å². The van der Waals surface area contributed by atoms with Crippen LogP contribution >= 0.6 is 11.6 Å². The normalized spacial score (nSPS) is 17.5.